The van der Waals surface area contributed by atoms with Crippen molar-refractivity contribution in [1.82, 2.24) is 9.78 Å². The van der Waals surface area contributed by atoms with Crippen LogP contribution in [0.15, 0.2) is 24.4 Å². The van der Waals surface area contributed by atoms with Crippen LogP contribution in [0.4, 0.5) is 11.4 Å². The van der Waals surface area contributed by atoms with Crippen molar-refractivity contribution in [2.45, 2.75) is 13.5 Å². The number of hydrogen-bond donors (Lipinski definition) is 2. The van der Waals surface area contributed by atoms with Crippen molar-refractivity contribution in [3.63, 3.8) is 0 Å². The summed E-state index contributed by atoms with van der Waals surface area (Å²) in [5.41, 5.74) is 9.74. The van der Waals surface area contributed by atoms with E-state index in [1.807, 2.05) is 32.3 Å². The minimum atomic E-state index is 0.488. The number of aromatic nitrogens is 2. The molecule has 5 nitrogen and oxygen atoms in total. The number of nitrogen functional groups attached to an aromatic ring is 1. The number of rotatable bonds is 3. The van der Waals surface area contributed by atoms with Crippen molar-refractivity contribution < 1.29 is 0 Å². The Morgan fingerprint density at radius 2 is 2.28 bits per heavy atom. The highest BCUT2D eigenvalue weighted by Crippen LogP contribution is 2.22. The molecule has 18 heavy (non-hydrogen) atoms. The maximum Gasteiger partial charge on any atom is 0.101 e. The zero-order valence-electron chi connectivity index (χ0n) is 10.4. The van der Waals surface area contributed by atoms with E-state index in [0.29, 0.717) is 17.8 Å². The van der Waals surface area contributed by atoms with E-state index in [1.54, 1.807) is 10.7 Å². The fraction of sp³-hybridized carbons (Fsp3) is 0.231. The number of nitriles is 1. The number of nitrogens with two attached hydrogens (primary N) is 1. The molecule has 0 aliphatic carbocycles. The molecule has 1 heterocycles. The van der Waals surface area contributed by atoms with Crippen molar-refractivity contribution in [3.05, 3.63) is 41.2 Å². The molecule has 0 radical (unpaired) electrons. The molecule has 0 fully saturated rings. The van der Waals surface area contributed by atoms with Gasteiger partial charge < -0.3 is 11.1 Å². The molecule has 0 atom stereocenters. The van der Waals surface area contributed by atoms with Gasteiger partial charge in [0.1, 0.15) is 6.07 Å². The molecule has 0 unspecified atom stereocenters. The van der Waals surface area contributed by atoms with Gasteiger partial charge in [-0.2, -0.15) is 10.4 Å². The molecule has 0 saturated carbocycles. The summed E-state index contributed by atoms with van der Waals surface area (Å²) in [5.74, 6) is 0. The Morgan fingerprint density at radius 3 is 2.89 bits per heavy atom. The molecule has 0 spiro atoms. The summed E-state index contributed by atoms with van der Waals surface area (Å²) >= 11 is 0. The van der Waals surface area contributed by atoms with Crippen LogP contribution in [0.1, 0.15) is 16.8 Å². The molecule has 3 N–H and O–H groups in total. The SMILES string of the molecule is Cc1nn(C)cc1CNc1cccc(C#N)c1N. The molecular weight excluding hydrogens is 226 g/mol. The maximum absolute atomic E-state index is 8.90. The summed E-state index contributed by atoms with van der Waals surface area (Å²) in [7, 11) is 1.89. The minimum absolute atomic E-state index is 0.488. The first kappa shape index (κ1) is 12.0. The van der Waals surface area contributed by atoms with E-state index < -0.39 is 0 Å². The Bertz CT molecular complexity index is 606. The molecule has 0 aliphatic rings. The van der Waals surface area contributed by atoms with Crippen molar-refractivity contribution in [2.24, 2.45) is 7.05 Å². The summed E-state index contributed by atoms with van der Waals surface area (Å²) in [4.78, 5) is 0. The fourth-order valence-electron chi connectivity index (χ4n) is 1.83. The van der Waals surface area contributed by atoms with E-state index in [-0.39, 0.29) is 0 Å². The highest BCUT2D eigenvalue weighted by Gasteiger charge is 2.06. The summed E-state index contributed by atoms with van der Waals surface area (Å²) in [5, 5.41) is 16.4. The summed E-state index contributed by atoms with van der Waals surface area (Å²) in [6.45, 7) is 2.60. The molecule has 92 valence electrons. The second-order valence-corrected chi connectivity index (χ2v) is 4.15. The average Bonchev–Trinajstić information content (AvgIpc) is 2.66. The number of benzene rings is 1. The Hall–Kier alpha value is -2.48. The van der Waals surface area contributed by atoms with Crippen LogP contribution in [0, 0.1) is 18.3 Å². The van der Waals surface area contributed by atoms with Gasteiger partial charge in [-0.05, 0) is 19.1 Å². The quantitative estimate of drug-likeness (QED) is 0.803. The summed E-state index contributed by atoms with van der Waals surface area (Å²) in [6, 6.07) is 7.45. The number of anilines is 2. The van der Waals surface area contributed by atoms with E-state index in [4.69, 9.17) is 11.0 Å². The van der Waals surface area contributed by atoms with Crippen molar-refractivity contribution in [3.8, 4) is 6.07 Å². The lowest BCUT2D eigenvalue weighted by molar-refractivity contribution is 0.756. The Labute approximate surface area is 106 Å². The number of nitrogens with zero attached hydrogens (tertiary/aromatic N) is 3. The lowest BCUT2D eigenvalue weighted by Crippen LogP contribution is -2.04. The largest absolute Gasteiger partial charge is 0.396 e. The first-order valence-corrected chi connectivity index (χ1v) is 5.63. The molecule has 1 aromatic heterocycles. The Kier molecular flexibility index (Phi) is 3.20. The molecule has 0 aliphatic heterocycles. The lowest BCUT2D eigenvalue weighted by atomic mass is 10.1. The van der Waals surface area contributed by atoms with Gasteiger partial charge in [-0.25, -0.2) is 0 Å². The van der Waals surface area contributed by atoms with Gasteiger partial charge in [-0.3, -0.25) is 4.68 Å². The zero-order valence-corrected chi connectivity index (χ0v) is 10.4. The fourth-order valence-corrected chi connectivity index (χ4v) is 1.83. The van der Waals surface area contributed by atoms with E-state index >= 15 is 0 Å². The first-order valence-electron chi connectivity index (χ1n) is 5.63. The number of hydrogen-bond acceptors (Lipinski definition) is 4. The van der Waals surface area contributed by atoms with Crippen molar-refractivity contribution in [1.29, 1.82) is 5.26 Å². The van der Waals surface area contributed by atoms with Crippen LogP contribution in [0.3, 0.4) is 0 Å². The van der Waals surface area contributed by atoms with Crippen LogP contribution in [-0.2, 0) is 13.6 Å². The second kappa shape index (κ2) is 4.80. The van der Waals surface area contributed by atoms with Gasteiger partial charge in [0.15, 0.2) is 0 Å². The van der Waals surface area contributed by atoms with E-state index in [9.17, 15) is 0 Å². The Balaban J connectivity index is 2.16. The van der Waals surface area contributed by atoms with Crippen LogP contribution in [-0.4, -0.2) is 9.78 Å². The zero-order chi connectivity index (χ0) is 13.1. The molecule has 0 bridgehead atoms. The molecule has 2 rings (SSSR count). The molecule has 0 amide bonds. The second-order valence-electron chi connectivity index (χ2n) is 4.15. The molecule has 2 aromatic rings. The standard InChI is InChI=1S/C13H15N5/c1-9-11(8-18(2)17-9)7-16-12-5-3-4-10(6-14)13(12)15/h3-5,8,16H,7,15H2,1-2H3. The predicted octanol–water partition coefficient (Wildman–Crippen LogP) is 1.79. The summed E-state index contributed by atoms with van der Waals surface area (Å²) in [6.07, 6.45) is 1.96. The van der Waals surface area contributed by atoms with E-state index in [2.05, 4.69) is 16.5 Å². The van der Waals surface area contributed by atoms with Gasteiger partial charge in [-0.1, -0.05) is 6.07 Å². The van der Waals surface area contributed by atoms with Crippen LogP contribution < -0.4 is 11.1 Å². The van der Waals surface area contributed by atoms with Gasteiger partial charge in [0.25, 0.3) is 0 Å². The smallest absolute Gasteiger partial charge is 0.101 e. The van der Waals surface area contributed by atoms with Gasteiger partial charge in [0.05, 0.1) is 22.6 Å². The monoisotopic (exact) mass is 241 g/mol. The average molecular weight is 241 g/mol. The number of nitrogens with one attached hydrogen (secondary N) is 1. The summed E-state index contributed by atoms with van der Waals surface area (Å²) < 4.78 is 1.78. The third kappa shape index (κ3) is 2.28. The third-order valence-electron chi connectivity index (χ3n) is 2.81. The molecule has 1 aromatic carbocycles. The van der Waals surface area contributed by atoms with Crippen LogP contribution in [0.2, 0.25) is 0 Å². The van der Waals surface area contributed by atoms with Crippen LogP contribution in [0.25, 0.3) is 0 Å². The van der Waals surface area contributed by atoms with E-state index in [0.717, 1.165) is 16.9 Å². The lowest BCUT2D eigenvalue weighted by Gasteiger charge is -2.09. The first-order chi connectivity index (χ1) is 8.61. The topological polar surface area (TPSA) is 79.7 Å². The van der Waals surface area contributed by atoms with Gasteiger partial charge in [-0.15, -0.1) is 0 Å². The maximum atomic E-state index is 8.90. The highest BCUT2D eigenvalue weighted by atomic mass is 15.2. The highest BCUT2D eigenvalue weighted by molar-refractivity contribution is 5.72. The predicted molar refractivity (Wildman–Crippen MR) is 70.8 cm³/mol. The van der Waals surface area contributed by atoms with Gasteiger partial charge in [0, 0.05) is 25.4 Å². The van der Waals surface area contributed by atoms with Crippen molar-refractivity contribution >= 4 is 11.4 Å². The van der Waals surface area contributed by atoms with Crippen LogP contribution >= 0.6 is 0 Å². The number of aryl methyl sites for hydroxylation is 2. The molecular formula is C13H15N5. The third-order valence-corrected chi connectivity index (χ3v) is 2.81. The minimum Gasteiger partial charge on any atom is -0.396 e. The van der Waals surface area contributed by atoms with Gasteiger partial charge in [0.2, 0.25) is 0 Å². The number of para-hydroxylation sites is 1. The normalized spacial score (nSPS) is 10.1. The van der Waals surface area contributed by atoms with E-state index in [1.165, 1.54) is 0 Å². The van der Waals surface area contributed by atoms with Gasteiger partial charge >= 0.3 is 0 Å². The van der Waals surface area contributed by atoms with Crippen LogP contribution in [0.5, 0.6) is 0 Å². The molecule has 5 heteroatoms. The molecule has 0 saturated heterocycles. The Morgan fingerprint density at radius 1 is 1.50 bits per heavy atom. The van der Waals surface area contributed by atoms with Crippen molar-refractivity contribution in [2.75, 3.05) is 11.1 Å².